The molecule has 1 unspecified atom stereocenters. The van der Waals surface area contributed by atoms with E-state index in [-0.39, 0.29) is 23.6 Å². The van der Waals surface area contributed by atoms with E-state index in [0.717, 1.165) is 31.5 Å². The molecule has 2 saturated heterocycles. The fraction of sp³-hybridized carbons (Fsp3) is 0.393. The minimum atomic E-state index is -0.278. The lowest BCUT2D eigenvalue weighted by molar-refractivity contribution is -0.134. The number of piperidine rings is 1. The molecule has 1 aromatic heterocycles. The zero-order chi connectivity index (χ0) is 27.2. The zero-order valence-corrected chi connectivity index (χ0v) is 21.9. The van der Waals surface area contributed by atoms with Gasteiger partial charge in [-0.05, 0) is 30.5 Å². The molecule has 204 valence electrons. The second kappa shape index (κ2) is 12.2. The molecule has 2 aliphatic heterocycles. The molecule has 0 radical (unpaired) electrons. The highest BCUT2D eigenvalue weighted by Crippen LogP contribution is 2.26. The molecule has 2 fully saturated rings. The maximum Gasteiger partial charge on any atom is 0.281 e. The van der Waals surface area contributed by atoms with Crippen LogP contribution in [0.2, 0.25) is 0 Å². The Kier molecular flexibility index (Phi) is 8.28. The van der Waals surface area contributed by atoms with Crippen molar-refractivity contribution in [3.05, 3.63) is 77.1 Å². The minimum Gasteiger partial charge on any atom is -0.384 e. The number of anilines is 1. The summed E-state index contributed by atoms with van der Waals surface area (Å²) in [4.78, 5) is 35.2. The molecule has 0 spiro atoms. The molecule has 0 aliphatic carbocycles. The lowest BCUT2D eigenvalue weighted by Gasteiger charge is -2.34. The highest BCUT2D eigenvalue weighted by Gasteiger charge is 2.30. The number of likely N-dealkylation sites (tertiary alicyclic amines) is 1. The normalized spacial score (nSPS) is 18.1. The Hall–Kier alpha value is -4.09. The van der Waals surface area contributed by atoms with Crippen molar-refractivity contribution in [1.29, 1.82) is 5.41 Å². The SMILES string of the molecule is N=C(N)c1ccc(CNc2nc(C3CCCN(C(=O)CN4CCOCC4)C3)nn2C(=O)c2ccccc2)cc1. The monoisotopic (exact) mass is 530 g/mol. The van der Waals surface area contributed by atoms with Crippen LogP contribution in [0.25, 0.3) is 0 Å². The fourth-order valence-corrected chi connectivity index (χ4v) is 4.91. The van der Waals surface area contributed by atoms with Crippen LogP contribution < -0.4 is 11.1 Å². The molecule has 5 rings (SSSR count). The Bertz CT molecular complexity index is 1300. The molecular weight excluding hydrogens is 496 g/mol. The number of aromatic nitrogens is 3. The van der Waals surface area contributed by atoms with Crippen LogP contribution >= 0.6 is 0 Å². The van der Waals surface area contributed by atoms with Gasteiger partial charge in [-0.3, -0.25) is 19.9 Å². The van der Waals surface area contributed by atoms with Crippen molar-refractivity contribution in [3.8, 4) is 0 Å². The smallest absolute Gasteiger partial charge is 0.281 e. The highest BCUT2D eigenvalue weighted by atomic mass is 16.5. The number of benzene rings is 2. The Balaban J connectivity index is 1.33. The quantitative estimate of drug-likeness (QED) is 0.296. The first-order chi connectivity index (χ1) is 19.0. The summed E-state index contributed by atoms with van der Waals surface area (Å²) in [5, 5.41) is 15.5. The summed E-state index contributed by atoms with van der Waals surface area (Å²) in [5.41, 5.74) is 7.66. The summed E-state index contributed by atoms with van der Waals surface area (Å²) in [6, 6.07) is 16.3. The van der Waals surface area contributed by atoms with E-state index in [4.69, 9.17) is 20.9 Å². The van der Waals surface area contributed by atoms with Crippen molar-refractivity contribution in [1.82, 2.24) is 24.6 Å². The number of carbonyl (C=O) groups is 2. The number of nitrogen functional groups attached to an aromatic ring is 1. The van der Waals surface area contributed by atoms with Crippen LogP contribution in [0.1, 0.15) is 46.1 Å². The number of carbonyl (C=O) groups excluding carboxylic acids is 2. The van der Waals surface area contributed by atoms with Gasteiger partial charge in [0.05, 0.1) is 19.8 Å². The van der Waals surface area contributed by atoms with Gasteiger partial charge in [-0.1, -0.05) is 42.5 Å². The number of nitrogens with one attached hydrogen (secondary N) is 2. The third kappa shape index (κ3) is 6.50. The second-order valence-electron chi connectivity index (χ2n) is 9.91. The van der Waals surface area contributed by atoms with E-state index in [0.29, 0.717) is 62.3 Å². The van der Waals surface area contributed by atoms with Crippen molar-refractivity contribution in [2.24, 2.45) is 5.73 Å². The number of amides is 1. The van der Waals surface area contributed by atoms with Gasteiger partial charge < -0.3 is 20.7 Å². The lowest BCUT2D eigenvalue weighted by atomic mass is 9.97. The molecule has 4 N–H and O–H groups in total. The third-order valence-electron chi connectivity index (χ3n) is 7.15. The Labute approximate surface area is 227 Å². The van der Waals surface area contributed by atoms with Crippen LogP contribution in [0.5, 0.6) is 0 Å². The summed E-state index contributed by atoms with van der Waals surface area (Å²) < 4.78 is 6.72. The largest absolute Gasteiger partial charge is 0.384 e. The number of nitrogens with zero attached hydrogens (tertiary/aromatic N) is 5. The van der Waals surface area contributed by atoms with E-state index in [2.05, 4.69) is 15.3 Å². The van der Waals surface area contributed by atoms with E-state index in [1.54, 1.807) is 24.3 Å². The maximum absolute atomic E-state index is 13.4. The van der Waals surface area contributed by atoms with E-state index >= 15 is 0 Å². The Morgan fingerprint density at radius 2 is 1.77 bits per heavy atom. The molecule has 0 bridgehead atoms. The Morgan fingerprint density at radius 1 is 1.03 bits per heavy atom. The van der Waals surface area contributed by atoms with Gasteiger partial charge in [-0.15, -0.1) is 5.10 Å². The molecule has 3 heterocycles. The molecule has 1 amide bonds. The Morgan fingerprint density at radius 3 is 2.49 bits per heavy atom. The molecule has 2 aromatic carbocycles. The first-order valence-corrected chi connectivity index (χ1v) is 13.3. The molecule has 3 aromatic rings. The van der Waals surface area contributed by atoms with Crippen LogP contribution in [0.4, 0.5) is 5.95 Å². The number of nitrogens with two attached hydrogens (primary N) is 1. The molecule has 1 atom stereocenters. The van der Waals surface area contributed by atoms with Gasteiger partial charge in [0, 0.05) is 49.8 Å². The third-order valence-corrected chi connectivity index (χ3v) is 7.15. The summed E-state index contributed by atoms with van der Waals surface area (Å²) in [5.74, 6) is 0.683. The van der Waals surface area contributed by atoms with Crippen molar-refractivity contribution < 1.29 is 14.3 Å². The van der Waals surface area contributed by atoms with Gasteiger partial charge in [-0.25, -0.2) is 0 Å². The molecular formula is C28H34N8O3. The summed E-state index contributed by atoms with van der Waals surface area (Å²) in [6.45, 7) is 4.88. The average Bonchev–Trinajstić information content (AvgIpc) is 3.41. The summed E-state index contributed by atoms with van der Waals surface area (Å²) >= 11 is 0. The van der Waals surface area contributed by atoms with Crippen LogP contribution in [0, 0.1) is 5.41 Å². The number of rotatable bonds is 8. The molecule has 11 heteroatoms. The molecule has 0 saturated carbocycles. The molecule has 39 heavy (non-hydrogen) atoms. The van der Waals surface area contributed by atoms with Crippen LogP contribution in [0.15, 0.2) is 54.6 Å². The number of amidine groups is 1. The van der Waals surface area contributed by atoms with Gasteiger partial charge in [0.25, 0.3) is 5.91 Å². The van der Waals surface area contributed by atoms with E-state index in [1.165, 1.54) is 4.68 Å². The maximum atomic E-state index is 13.4. The first-order valence-electron chi connectivity index (χ1n) is 13.3. The number of hydrogen-bond donors (Lipinski definition) is 3. The van der Waals surface area contributed by atoms with Gasteiger partial charge in [0.2, 0.25) is 11.9 Å². The lowest BCUT2D eigenvalue weighted by Crippen LogP contribution is -2.47. The van der Waals surface area contributed by atoms with Gasteiger partial charge in [0.15, 0.2) is 5.82 Å². The standard InChI is InChI=1S/C28H34N8O3/c29-25(30)21-10-8-20(9-11-21)17-31-28-32-26(33-36(28)27(38)22-5-2-1-3-6-22)23-7-4-12-35(18-23)24(37)19-34-13-15-39-16-14-34/h1-3,5-6,8-11,23H,4,7,12-19H2,(H3,29,30)(H,31,32,33). The topological polar surface area (TPSA) is 142 Å². The van der Waals surface area contributed by atoms with Crippen molar-refractivity contribution in [2.75, 3.05) is 51.3 Å². The zero-order valence-electron chi connectivity index (χ0n) is 21.9. The van der Waals surface area contributed by atoms with E-state index in [1.807, 2.05) is 35.2 Å². The fourth-order valence-electron chi connectivity index (χ4n) is 4.91. The van der Waals surface area contributed by atoms with Crippen LogP contribution in [-0.2, 0) is 16.1 Å². The van der Waals surface area contributed by atoms with Gasteiger partial charge >= 0.3 is 0 Å². The van der Waals surface area contributed by atoms with E-state index in [9.17, 15) is 9.59 Å². The van der Waals surface area contributed by atoms with Crippen molar-refractivity contribution in [3.63, 3.8) is 0 Å². The predicted octanol–water partition coefficient (Wildman–Crippen LogP) is 1.90. The minimum absolute atomic E-state index is 0.0114. The van der Waals surface area contributed by atoms with E-state index < -0.39 is 0 Å². The van der Waals surface area contributed by atoms with Crippen molar-refractivity contribution >= 4 is 23.6 Å². The van der Waals surface area contributed by atoms with Gasteiger partial charge in [0.1, 0.15) is 5.84 Å². The molecule has 11 nitrogen and oxygen atoms in total. The molecule has 2 aliphatic rings. The first kappa shape index (κ1) is 26.5. The highest BCUT2D eigenvalue weighted by molar-refractivity contribution is 5.97. The average molecular weight is 531 g/mol. The van der Waals surface area contributed by atoms with Crippen LogP contribution in [-0.4, -0.2) is 88.2 Å². The van der Waals surface area contributed by atoms with Crippen molar-refractivity contribution in [2.45, 2.75) is 25.3 Å². The van der Waals surface area contributed by atoms with Crippen LogP contribution in [0.3, 0.4) is 0 Å². The predicted molar refractivity (Wildman–Crippen MR) is 147 cm³/mol. The second-order valence-corrected chi connectivity index (χ2v) is 9.91. The number of morpholine rings is 1. The number of ether oxygens (including phenoxy) is 1. The summed E-state index contributed by atoms with van der Waals surface area (Å²) in [6.07, 6.45) is 1.70. The summed E-state index contributed by atoms with van der Waals surface area (Å²) in [7, 11) is 0. The number of hydrogen-bond acceptors (Lipinski definition) is 8. The van der Waals surface area contributed by atoms with Gasteiger partial charge in [-0.2, -0.15) is 9.67 Å².